The van der Waals surface area contributed by atoms with E-state index in [4.69, 9.17) is 0 Å². The van der Waals surface area contributed by atoms with Crippen LogP contribution in [0.4, 0.5) is 15.9 Å². The number of fused-ring (bicyclic) bond motifs is 4. The summed E-state index contributed by atoms with van der Waals surface area (Å²) in [6, 6.07) is 4.68. The molecule has 6 nitrogen and oxygen atoms in total. The summed E-state index contributed by atoms with van der Waals surface area (Å²) in [6.45, 7) is 0.786. The highest BCUT2D eigenvalue weighted by atomic mass is 79.9. The second-order valence-electron chi connectivity index (χ2n) is 5.97. The van der Waals surface area contributed by atoms with E-state index in [9.17, 15) is 4.39 Å². The molecule has 0 spiro atoms. The Labute approximate surface area is 150 Å². The molecule has 4 heterocycles. The van der Waals surface area contributed by atoms with Gasteiger partial charge < -0.3 is 4.90 Å². The lowest BCUT2D eigenvalue weighted by atomic mass is 10.0. The minimum atomic E-state index is -0.299. The van der Waals surface area contributed by atoms with Gasteiger partial charge in [0.15, 0.2) is 0 Å². The van der Waals surface area contributed by atoms with E-state index in [0.717, 1.165) is 40.4 Å². The summed E-state index contributed by atoms with van der Waals surface area (Å²) in [6.07, 6.45) is 7.17. The number of rotatable bonds is 1. The highest BCUT2D eigenvalue weighted by Gasteiger charge is 2.24. The summed E-state index contributed by atoms with van der Waals surface area (Å²) in [5, 5.41) is 8.74. The molecule has 0 saturated heterocycles. The summed E-state index contributed by atoms with van der Waals surface area (Å²) in [5.74, 6) is 0.868. The number of anilines is 2. The van der Waals surface area contributed by atoms with Gasteiger partial charge in [0.2, 0.25) is 0 Å². The fourth-order valence-corrected chi connectivity index (χ4v) is 3.94. The molecule has 1 aliphatic rings. The first kappa shape index (κ1) is 14.7. The van der Waals surface area contributed by atoms with Crippen molar-refractivity contribution in [2.75, 3.05) is 11.4 Å². The Morgan fingerprint density at radius 3 is 3.04 bits per heavy atom. The molecule has 0 bridgehead atoms. The molecular formula is C17H12BrFN6. The van der Waals surface area contributed by atoms with Crippen LogP contribution in [-0.2, 0) is 6.42 Å². The van der Waals surface area contributed by atoms with E-state index in [0.29, 0.717) is 11.6 Å². The zero-order valence-corrected chi connectivity index (χ0v) is 14.6. The van der Waals surface area contributed by atoms with E-state index in [1.807, 2.05) is 6.20 Å². The van der Waals surface area contributed by atoms with Crippen LogP contribution in [0, 0.1) is 5.82 Å². The molecule has 25 heavy (non-hydrogen) atoms. The standard InChI is InChI=1S/C17H12BrFN6/c18-13-7-20-8-15-11(13)2-1-5-24(15)16-12-6-10(19)3-4-14(12)25-9-21-23-17(25)22-16/h3-4,6-9H,1-2,5H2. The van der Waals surface area contributed by atoms with E-state index in [-0.39, 0.29) is 5.82 Å². The SMILES string of the molecule is Fc1ccc2c(c1)c(N1CCCc3c(Br)cncc31)nc1nncn12. The number of hydrogen-bond donors (Lipinski definition) is 0. The van der Waals surface area contributed by atoms with Gasteiger partial charge in [-0.1, -0.05) is 0 Å². The molecule has 8 heteroatoms. The molecule has 4 aromatic rings. The van der Waals surface area contributed by atoms with Crippen LogP contribution < -0.4 is 4.90 Å². The predicted octanol–water partition coefficient (Wildman–Crippen LogP) is 3.66. The lowest BCUT2D eigenvalue weighted by molar-refractivity contribution is 0.629. The molecule has 0 saturated carbocycles. The second kappa shape index (κ2) is 5.45. The Morgan fingerprint density at radius 1 is 1.20 bits per heavy atom. The molecule has 0 radical (unpaired) electrons. The molecule has 0 N–H and O–H groups in total. The highest BCUT2D eigenvalue weighted by molar-refractivity contribution is 9.10. The van der Waals surface area contributed by atoms with Gasteiger partial charge in [-0.2, -0.15) is 4.98 Å². The van der Waals surface area contributed by atoms with Crippen LogP contribution in [0.2, 0.25) is 0 Å². The van der Waals surface area contributed by atoms with Crippen LogP contribution in [0.5, 0.6) is 0 Å². The second-order valence-corrected chi connectivity index (χ2v) is 6.83. The van der Waals surface area contributed by atoms with Crippen LogP contribution >= 0.6 is 15.9 Å². The number of hydrogen-bond acceptors (Lipinski definition) is 5. The lowest BCUT2D eigenvalue weighted by Crippen LogP contribution is -2.26. The van der Waals surface area contributed by atoms with Crippen LogP contribution in [0.1, 0.15) is 12.0 Å². The molecule has 1 aliphatic heterocycles. The molecule has 0 fully saturated rings. The summed E-state index contributed by atoms with van der Waals surface area (Å²) < 4.78 is 16.7. The van der Waals surface area contributed by atoms with Gasteiger partial charge in [0.1, 0.15) is 18.0 Å². The Morgan fingerprint density at radius 2 is 2.12 bits per heavy atom. The van der Waals surface area contributed by atoms with Crippen molar-refractivity contribution in [3.63, 3.8) is 0 Å². The van der Waals surface area contributed by atoms with Crippen molar-refractivity contribution >= 4 is 44.1 Å². The van der Waals surface area contributed by atoms with E-state index in [2.05, 4.69) is 41.0 Å². The average molecular weight is 399 g/mol. The normalized spacial score (nSPS) is 14.2. The van der Waals surface area contributed by atoms with Gasteiger partial charge in [0, 0.05) is 22.6 Å². The molecule has 5 rings (SSSR count). The molecule has 0 unspecified atom stereocenters. The summed E-state index contributed by atoms with van der Waals surface area (Å²) in [4.78, 5) is 11.1. The molecule has 3 aromatic heterocycles. The van der Waals surface area contributed by atoms with Crippen molar-refractivity contribution in [3.05, 3.63) is 52.8 Å². The molecule has 0 atom stereocenters. The largest absolute Gasteiger partial charge is 0.324 e. The summed E-state index contributed by atoms with van der Waals surface area (Å²) in [7, 11) is 0. The fourth-order valence-electron chi connectivity index (χ4n) is 3.42. The van der Waals surface area contributed by atoms with E-state index < -0.39 is 0 Å². The minimum absolute atomic E-state index is 0.299. The Bertz CT molecular complexity index is 1120. The Balaban J connectivity index is 1.84. The fraction of sp³-hybridized carbons (Fsp3) is 0.176. The first-order chi connectivity index (χ1) is 12.2. The molecule has 0 aliphatic carbocycles. The van der Waals surface area contributed by atoms with Crippen molar-refractivity contribution in [2.24, 2.45) is 0 Å². The van der Waals surface area contributed by atoms with E-state index in [1.54, 1.807) is 23.0 Å². The molecule has 1 aromatic carbocycles. The molecule has 124 valence electrons. The highest BCUT2D eigenvalue weighted by Crippen LogP contribution is 2.38. The maximum absolute atomic E-state index is 14.0. The van der Waals surface area contributed by atoms with E-state index in [1.165, 1.54) is 17.7 Å². The van der Waals surface area contributed by atoms with Crippen LogP contribution in [0.15, 0.2) is 41.4 Å². The first-order valence-corrected chi connectivity index (χ1v) is 8.70. The quantitative estimate of drug-likeness (QED) is 0.489. The lowest BCUT2D eigenvalue weighted by Gasteiger charge is -2.31. The van der Waals surface area contributed by atoms with Crippen LogP contribution in [-0.4, -0.2) is 31.1 Å². The van der Waals surface area contributed by atoms with Gasteiger partial charge in [-0.15, -0.1) is 10.2 Å². The number of aromatic nitrogens is 5. The predicted molar refractivity (Wildman–Crippen MR) is 95.5 cm³/mol. The zero-order valence-electron chi connectivity index (χ0n) is 13.0. The summed E-state index contributed by atoms with van der Waals surface area (Å²) >= 11 is 3.58. The van der Waals surface area contributed by atoms with Crippen molar-refractivity contribution in [1.29, 1.82) is 0 Å². The van der Waals surface area contributed by atoms with Crippen molar-refractivity contribution < 1.29 is 4.39 Å². The number of nitrogens with zero attached hydrogens (tertiary/aromatic N) is 6. The Kier molecular flexibility index (Phi) is 3.21. The van der Waals surface area contributed by atoms with E-state index >= 15 is 0 Å². The third-order valence-corrected chi connectivity index (χ3v) is 5.22. The van der Waals surface area contributed by atoms with Gasteiger partial charge in [-0.05, 0) is 52.5 Å². The molecular weight excluding hydrogens is 387 g/mol. The van der Waals surface area contributed by atoms with Gasteiger partial charge in [0.25, 0.3) is 5.78 Å². The zero-order chi connectivity index (χ0) is 17.0. The third-order valence-electron chi connectivity index (χ3n) is 4.53. The third kappa shape index (κ3) is 2.21. The first-order valence-electron chi connectivity index (χ1n) is 7.91. The van der Waals surface area contributed by atoms with Crippen molar-refractivity contribution in [2.45, 2.75) is 12.8 Å². The van der Waals surface area contributed by atoms with Crippen molar-refractivity contribution in [1.82, 2.24) is 24.6 Å². The van der Waals surface area contributed by atoms with Crippen LogP contribution in [0.3, 0.4) is 0 Å². The van der Waals surface area contributed by atoms with Crippen molar-refractivity contribution in [3.8, 4) is 0 Å². The Hall–Kier alpha value is -2.61. The number of benzene rings is 1. The molecule has 0 amide bonds. The smallest absolute Gasteiger partial charge is 0.257 e. The summed E-state index contributed by atoms with van der Waals surface area (Å²) in [5.41, 5.74) is 3.00. The van der Waals surface area contributed by atoms with Gasteiger partial charge in [-0.25, -0.2) is 4.39 Å². The number of pyridine rings is 1. The average Bonchev–Trinajstić information content (AvgIpc) is 3.09. The number of halogens is 2. The minimum Gasteiger partial charge on any atom is -0.324 e. The maximum Gasteiger partial charge on any atom is 0.257 e. The topological polar surface area (TPSA) is 59.2 Å². The van der Waals surface area contributed by atoms with Crippen LogP contribution in [0.25, 0.3) is 16.7 Å². The van der Waals surface area contributed by atoms with Gasteiger partial charge in [0.05, 0.1) is 17.4 Å². The monoisotopic (exact) mass is 398 g/mol. The maximum atomic E-state index is 14.0. The van der Waals surface area contributed by atoms with Gasteiger partial charge >= 0.3 is 0 Å². The van der Waals surface area contributed by atoms with Gasteiger partial charge in [-0.3, -0.25) is 9.38 Å².